The quantitative estimate of drug-likeness (QED) is 0.790. The number of benzene rings is 2. The normalized spacial score (nSPS) is 12.3. The zero-order chi connectivity index (χ0) is 15.6. The van der Waals surface area contributed by atoms with Crippen LogP contribution in [0.4, 0.5) is 8.78 Å². The van der Waals surface area contributed by atoms with Crippen molar-refractivity contribution >= 4 is 27.5 Å². The molecule has 0 heterocycles. The first kappa shape index (κ1) is 16.2. The molecule has 21 heavy (non-hydrogen) atoms. The predicted molar refractivity (Wildman–Crippen MR) is 82.7 cm³/mol. The van der Waals surface area contributed by atoms with Crippen molar-refractivity contribution in [2.24, 2.45) is 5.73 Å². The standard InChI is InChI=1S/C15H13BrClF2NO/c1-21-13-5-2-9(17)6-8(13)7-12(20)10-3-4-11(18)15(19)14(10)16/h2-6,12H,7,20H2,1H3. The van der Waals surface area contributed by atoms with Gasteiger partial charge in [-0.1, -0.05) is 17.7 Å². The van der Waals surface area contributed by atoms with Crippen LogP contribution < -0.4 is 10.5 Å². The number of hydrogen-bond donors (Lipinski definition) is 1. The van der Waals surface area contributed by atoms with Gasteiger partial charge in [-0.3, -0.25) is 0 Å². The largest absolute Gasteiger partial charge is 0.496 e. The minimum Gasteiger partial charge on any atom is -0.496 e. The van der Waals surface area contributed by atoms with Crippen LogP contribution in [0.25, 0.3) is 0 Å². The van der Waals surface area contributed by atoms with Gasteiger partial charge >= 0.3 is 0 Å². The van der Waals surface area contributed by atoms with Gasteiger partial charge in [0.25, 0.3) is 0 Å². The second-order valence-corrected chi connectivity index (χ2v) is 5.76. The second kappa shape index (κ2) is 6.73. The Balaban J connectivity index is 2.32. The van der Waals surface area contributed by atoms with Crippen molar-refractivity contribution in [2.45, 2.75) is 12.5 Å². The van der Waals surface area contributed by atoms with E-state index >= 15 is 0 Å². The first-order valence-corrected chi connectivity index (χ1v) is 7.32. The zero-order valence-electron chi connectivity index (χ0n) is 11.2. The summed E-state index contributed by atoms with van der Waals surface area (Å²) in [7, 11) is 1.55. The SMILES string of the molecule is COc1ccc(Cl)cc1CC(N)c1ccc(F)c(F)c1Br. The molecule has 1 unspecified atom stereocenters. The molecule has 112 valence electrons. The van der Waals surface area contributed by atoms with Gasteiger partial charge in [0.1, 0.15) is 5.75 Å². The molecule has 1 atom stereocenters. The number of rotatable bonds is 4. The van der Waals surface area contributed by atoms with E-state index in [1.807, 2.05) is 0 Å². The molecule has 0 aliphatic rings. The highest BCUT2D eigenvalue weighted by molar-refractivity contribution is 9.10. The molecular formula is C15H13BrClF2NO. The van der Waals surface area contributed by atoms with Crippen LogP contribution in [-0.2, 0) is 6.42 Å². The minimum absolute atomic E-state index is 0.0380. The van der Waals surface area contributed by atoms with E-state index in [1.54, 1.807) is 25.3 Å². The predicted octanol–water partition coefficient (Wildman–Crippen LogP) is 4.63. The minimum atomic E-state index is -0.944. The van der Waals surface area contributed by atoms with Gasteiger partial charge in [-0.2, -0.15) is 0 Å². The fraction of sp³-hybridized carbons (Fsp3) is 0.200. The summed E-state index contributed by atoms with van der Waals surface area (Å²) in [5.74, 6) is -1.22. The maximum Gasteiger partial charge on any atom is 0.173 e. The molecule has 2 N–H and O–H groups in total. The summed E-state index contributed by atoms with van der Waals surface area (Å²) in [6, 6.07) is 7.19. The van der Waals surface area contributed by atoms with E-state index in [-0.39, 0.29) is 4.47 Å². The Morgan fingerprint density at radius 2 is 2.00 bits per heavy atom. The summed E-state index contributed by atoms with van der Waals surface area (Å²) < 4.78 is 32.0. The van der Waals surface area contributed by atoms with Gasteiger partial charge in [0.15, 0.2) is 11.6 Å². The average molecular weight is 377 g/mol. The summed E-state index contributed by atoms with van der Waals surface area (Å²) >= 11 is 9.01. The van der Waals surface area contributed by atoms with Crippen molar-refractivity contribution in [2.75, 3.05) is 7.11 Å². The van der Waals surface area contributed by atoms with Gasteiger partial charge < -0.3 is 10.5 Å². The molecule has 2 nitrogen and oxygen atoms in total. The first-order valence-electron chi connectivity index (χ1n) is 6.15. The van der Waals surface area contributed by atoms with Gasteiger partial charge in [-0.05, 0) is 57.7 Å². The average Bonchev–Trinajstić information content (AvgIpc) is 2.45. The van der Waals surface area contributed by atoms with E-state index in [0.717, 1.165) is 11.6 Å². The third kappa shape index (κ3) is 3.54. The topological polar surface area (TPSA) is 35.2 Å². The van der Waals surface area contributed by atoms with Gasteiger partial charge in [0.2, 0.25) is 0 Å². The lowest BCUT2D eigenvalue weighted by Gasteiger charge is -2.16. The van der Waals surface area contributed by atoms with Crippen LogP contribution in [0.3, 0.4) is 0 Å². The lowest BCUT2D eigenvalue weighted by molar-refractivity contribution is 0.408. The highest BCUT2D eigenvalue weighted by Crippen LogP contribution is 2.31. The van der Waals surface area contributed by atoms with Gasteiger partial charge in [0, 0.05) is 11.1 Å². The van der Waals surface area contributed by atoms with Crippen LogP contribution >= 0.6 is 27.5 Å². The van der Waals surface area contributed by atoms with Crippen molar-refractivity contribution in [3.05, 3.63) is 62.6 Å². The highest BCUT2D eigenvalue weighted by atomic mass is 79.9. The molecule has 0 aliphatic carbocycles. The molecule has 0 radical (unpaired) electrons. The molecule has 2 aromatic rings. The van der Waals surface area contributed by atoms with E-state index in [2.05, 4.69) is 15.9 Å². The Hall–Kier alpha value is -1.17. The van der Waals surface area contributed by atoms with E-state index in [0.29, 0.717) is 22.8 Å². The fourth-order valence-corrected chi connectivity index (χ4v) is 2.89. The third-order valence-electron chi connectivity index (χ3n) is 3.15. The Labute approximate surface area is 135 Å². The van der Waals surface area contributed by atoms with Crippen LogP contribution in [0.15, 0.2) is 34.8 Å². The van der Waals surface area contributed by atoms with E-state index in [9.17, 15) is 8.78 Å². The van der Waals surface area contributed by atoms with Crippen molar-refractivity contribution in [3.63, 3.8) is 0 Å². The van der Waals surface area contributed by atoms with Crippen LogP contribution in [0.1, 0.15) is 17.2 Å². The Morgan fingerprint density at radius 1 is 1.29 bits per heavy atom. The number of nitrogens with two attached hydrogens (primary N) is 1. The Kier molecular flexibility index (Phi) is 5.19. The van der Waals surface area contributed by atoms with Gasteiger partial charge in [0.05, 0.1) is 11.6 Å². The Bertz CT molecular complexity index is 666. The van der Waals surface area contributed by atoms with Gasteiger partial charge in [-0.15, -0.1) is 0 Å². The summed E-state index contributed by atoms with van der Waals surface area (Å²) in [6.07, 6.45) is 0.382. The summed E-state index contributed by atoms with van der Waals surface area (Å²) in [5.41, 5.74) is 7.39. The molecule has 0 amide bonds. The van der Waals surface area contributed by atoms with Crippen molar-refractivity contribution in [3.8, 4) is 5.75 Å². The number of ether oxygens (including phenoxy) is 1. The first-order chi connectivity index (χ1) is 9.93. The molecule has 0 saturated heterocycles. The highest BCUT2D eigenvalue weighted by Gasteiger charge is 2.18. The maximum absolute atomic E-state index is 13.6. The van der Waals surface area contributed by atoms with Crippen LogP contribution in [0.5, 0.6) is 5.75 Å². The number of halogens is 4. The van der Waals surface area contributed by atoms with Crippen molar-refractivity contribution < 1.29 is 13.5 Å². The zero-order valence-corrected chi connectivity index (χ0v) is 13.5. The van der Waals surface area contributed by atoms with E-state index in [1.165, 1.54) is 6.07 Å². The number of hydrogen-bond acceptors (Lipinski definition) is 2. The lowest BCUT2D eigenvalue weighted by Crippen LogP contribution is -2.15. The summed E-state index contributed by atoms with van der Waals surface area (Å²) in [6.45, 7) is 0. The molecule has 0 aliphatic heterocycles. The number of methoxy groups -OCH3 is 1. The summed E-state index contributed by atoms with van der Waals surface area (Å²) in [5, 5.41) is 0.558. The maximum atomic E-state index is 13.6. The van der Waals surface area contributed by atoms with E-state index < -0.39 is 17.7 Å². The molecule has 2 rings (SSSR count). The molecule has 2 aromatic carbocycles. The van der Waals surface area contributed by atoms with Crippen LogP contribution in [0.2, 0.25) is 5.02 Å². The molecule has 0 aromatic heterocycles. The molecule has 0 bridgehead atoms. The monoisotopic (exact) mass is 375 g/mol. The van der Waals surface area contributed by atoms with Crippen LogP contribution in [0, 0.1) is 11.6 Å². The summed E-state index contributed by atoms with van der Waals surface area (Å²) in [4.78, 5) is 0. The molecule has 6 heteroatoms. The van der Waals surface area contributed by atoms with Gasteiger partial charge in [-0.25, -0.2) is 8.78 Å². The fourth-order valence-electron chi connectivity index (χ4n) is 2.08. The van der Waals surface area contributed by atoms with Crippen molar-refractivity contribution in [1.82, 2.24) is 0 Å². The molecular weight excluding hydrogens is 364 g/mol. The molecule has 0 spiro atoms. The smallest absolute Gasteiger partial charge is 0.173 e. The third-order valence-corrected chi connectivity index (χ3v) is 4.19. The lowest BCUT2D eigenvalue weighted by atomic mass is 9.99. The molecule has 0 saturated carbocycles. The second-order valence-electron chi connectivity index (χ2n) is 4.53. The molecule has 0 fully saturated rings. The Morgan fingerprint density at radius 3 is 2.67 bits per heavy atom. The van der Waals surface area contributed by atoms with E-state index in [4.69, 9.17) is 22.1 Å². The van der Waals surface area contributed by atoms with Crippen molar-refractivity contribution in [1.29, 1.82) is 0 Å². The van der Waals surface area contributed by atoms with Crippen LogP contribution in [-0.4, -0.2) is 7.11 Å².